The Morgan fingerprint density at radius 1 is 0.952 bits per heavy atom. The average molecular weight is 371 g/mol. The highest BCUT2D eigenvalue weighted by molar-refractivity contribution is 9.09. The van der Waals surface area contributed by atoms with Crippen LogP contribution in [0.5, 0.6) is 0 Å². The van der Waals surface area contributed by atoms with Crippen LogP contribution in [0.15, 0.2) is 0 Å². The number of carbonyl (C=O) groups is 3. The Kier molecular flexibility index (Phi) is 6.53. The third-order valence-electron chi connectivity index (χ3n) is 2.64. The first-order chi connectivity index (χ1) is 9.76. The number of carbonyl (C=O) groups excluding carboxylic acids is 3. The van der Waals surface area contributed by atoms with Gasteiger partial charge in [0.1, 0.15) is 12.8 Å². The van der Waals surface area contributed by atoms with Crippen molar-refractivity contribution in [2.75, 3.05) is 6.67 Å². The van der Waals surface area contributed by atoms with Crippen molar-refractivity contribution in [2.24, 2.45) is 0 Å². The standard InChI is InChI=1S/C12H16BrFO7/c1-5(15)18-9-8(4-14)21-12(13)11(20-7(3)17)10(9)19-6(2)16/h8-12H,4H2,1-3H3/t8-,9-,10+,11-,12+/m1/s1. The first-order valence-corrected chi connectivity index (χ1v) is 7.05. The summed E-state index contributed by atoms with van der Waals surface area (Å²) in [6.45, 7) is 2.46. The van der Waals surface area contributed by atoms with Crippen LogP contribution in [0.4, 0.5) is 4.39 Å². The van der Waals surface area contributed by atoms with Crippen LogP contribution in [-0.2, 0) is 33.3 Å². The van der Waals surface area contributed by atoms with Gasteiger partial charge in [0.15, 0.2) is 23.3 Å². The molecule has 1 fully saturated rings. The Morgan fingerprint density at radius 2 is 1.38 bits per heavy atom. The van der Waals surface area contributed by atoms with Gasteiger partial charge in [-0.3, -0.25) is 14.4 Å². The molecule has 9 heteroatoms. The van der Waals surface area contributed by atoms with Gasteiger partial charge in [-0.25, -0.2) is 4.39 Å². The molecule has 120 valence electrons. The molecule has 0 amide bonds. The predicted molar refractivity (Wildman–Crippen MR) is 70.2 cm³/mol. The largest absolute Gasteiger partial charge is 0.456 e. The molecular weight excluding hydrogens is 355 g/mol. The molecule has 0 bridgehead atoms. The molecule has 5 atom stereocenters. The second-order valence-corrected chi connectivity index (χ2v) is 5.30. The molecule has 1 heterocycles. The summed E-state index contributed by atoms with van der Waals surface area (Å²) in [7, 11) is 0. The van der Waals surface area contributed by atoms with Crippen LogP contribution < -0.4 is 0 Å². The van der Waals surface area contributed by atoms with E-state index in [0.717, 1.165) is 20.8 Å². The minimum Gasteiger partial charge on any atom is -0.456 e. The fraction of sp³-hybridized carbons (Fsp3) is 0.750. The highest BCUT2D eigenvalue weighted by atomic mass is 79.9. The lowest BCUT2D eigenvalue weighted by Crippen LogP contribution is -2.60. The number of rotatable bonds is 4. The van der Waals surface area contributed by atoms with E-state index in [0.29, 0.717) is 0 Å². The summed E-state index contributed by atoms with van der Waals surface area (Å²) < 4.78 is 33.4. The van der Waals surface area contributed by atoms with Gasteiger partial charge >= 0.3 is 17.9 Å². The number of halogens is 2. The molecule has 1 aliphatic rings. The molecule has 0 aliphatic carbocycles. The van der Waals surface area contributed by atoms with E-state index in [9.17, 15) is 18.8 Å². The van der Waals surface area contributed by atoms with Crippen molar-refractivity contribution in [2.45, 2.75) is 50.2 Å². The van der Waals surface area contributed by atoms with E-state index in [4.69, 9.17) is 18.9 Å². The average Bonchev–Trinajstić information content (AvgIpc) is 2.35. The Balaban J connectivity index is 3.08. The molecule has 0 radical (unpaired) electrons. The SMILES string of the molecule is CC(=O)O[C@@H]1[C@@H](OC(C)=O)[C@@H](Br)O[C@H](CF)[C@H]1OC(C)=O. The Hall–Kier alpha value is -1.22. The van der Waals surface area contributed by atoms with Gasteiger partial charge < -0.3 is 18.9 Å². The van der Waals surface area contributed by atoms with Gasteiger partial charge in [-0.2, -0.15) is 0 Å². The zero-order valence-corrected chi connectivity index (χ0v) is 13.3. The molecule has 1 rings (SSSR count). The highest BCUT2D eigenvalue weighted by Crippen LogP contribution is 2.31. The molecule has 0 unspecified atom stereocenters. The van der Waals surface area contributed by atoms with E-state index < -0.39 is 54.0 Å². The molecule has 0 aromatic heterocycles. The van der Waals surface area contributed by atoms with E-state index in [1.54, 1.807) is 0 Å². The lowest BCUT2D eigenvalue weighted by Gasteiger charge is -2.42. The van der Waals surface area contributed by atoms with Gasteiger partial charge in [-0.15, -0.1) is 0 Å². The molecule has 0 N–H and O–H groups in total. The molecule has 0 aromatic carbocycles. The summed E-state index contributed by atoms with van der Waals surface area (Å²) in [4.78, 5) is 33.5. The van der Waals surface area contributed by atoms with E-state index in [-0.39, 0.29) is 0 Å². The van der Waals surface area contributed by atoms with Crippen LogP contribution in [0, 0.1) is 0 Å². The zero-order chi connectivity index (χ0) is 16.2. The van der Waals surface area contributed by atoms with Crippen molar-refractivity contribution >= 4 is 33.8 Å². The molecule has 1 aliphatic heterocycles. The number of esters is 3. The van der Waals surface area contributed by atoms with Gasteiger partial charge in [-0.05, 0) is 0 Å². The maximum absolute atomic E-state index is 13.1. The minimum absolute atomic E-state index is 0.648. The zero-order valence-electron chi connectivity index (χ0n) is 11.7. The van der Waals surface area contributed by atoms with Gasteiger partial charge in [0.25, 0.3) is 0 Å². The first kappa shape index (κ1) is 17.8. The van der Waals surface area contributed by atoms with Crippen LogP contribution in [0.3, 0.4) is 0 Å². The molecule has 0 spiro atoms. The molecule has 7 nitrogen and oxygen atoms in total. The Labute approximate surface area is 129 Å². The summed E-state index contributed by atoms with van der Waals surface area (Å²) in [6, 6.07) is 0. The van der Waals surface area contributed by atoms with Crippen LogP contribution in [0.25, 0.3) is 0 Å². The normalized spacial score (nSPS) is 32.1. The van der Waals surface area contributed by atoms with Crippen molar-refractivity contribution in [3.63, 3.8) is 0 Å². The third kappa shape index (κ3) is 4.92. The fourth-order valence-electron chi connectivity index (χ4n) is 1.97. The number of hydrogen-bond acceptors (Lipinski definition) is 7. The number of ether oxygens (including phenoxy) is 4. The topological polar surface area (TPSA) is 88.1 Å². The van der Waals surface area contributed by atoms with Crippen molar-refractivity contribution < 1.29 is 37.7 Å². The second kappa shape index (κ2) is 7.69. The second-order valence-electron chi connectivity index (χ2n) is 4.40. The quantitative estimate of drug-likeness (QED) is 0.412. The molecule has 0 aromatic rings. The molecule has 0 saturated carbocycles. The summed E-state index contributed by atoms with van der Waals surface area (Å²) in [5, 5.41) is -0.904. The Bertz CT molecular complexity index is 416. The van der Waals surface area contributed by atoms with Gasteiger partial charge in [-0.1, -0.05) is 15.9 Å². The van der Waals surface area contributed by atoms with Crippen molar-refractivity contribution in [3.05, 3.63) is 0 Å². The summed E-state index contributed by atoms with van der Waals surface area (Å²) in [5.41, 5.74) is 0. The van der Waals surface area contributed by atoms with Gasteiger partial charge in [0.05, 0.1) is 0 Å². The van der Waals surface area contributed by atoms with E-state index in [1.165, 1.54) is 0 Å². The van der Waals surface area contributed by atoms with Crippen molar-refractivity contribution in [3.8, 4) is 0 Å². The summed E-state index contributed by atoms with van der Waals surface area (Å²) >= 11 is 3.09. The third-order valence-corrected chi connectivity index (χ3v) is 3.37. The molecule has 1 saturated heterocycles. The molecule has 21 heavy (non-hydrogen) atoms. The first-order valence-electron chi connectivity index (χ1n) is 6.13. The van der Waals surface area contributed by atoms with Gasteiger partial charge in [0.2, 0.25) is 0 Å². The van der Waals surface area contributed by atoms with E-state index in [1.807, 2.05) is 0 Å². The maximum Gasteiger partial charge on any atom is 0.303 e. The van der Waals surface area contributed by atoms with Crippen LogP contribution in [-0.4, -0.2) is 54.0 Å². The maximum atomic E-state index is 13.1. The fourth-order valence-corrected chi connectivity index (χ4v) is 2.65. The van der Waals surface area contributed by atoms with Crippen molar-refractivity contribution in [1.82, 2.24) is 0 Å². The summed E-state index contributed by atoms with van der Waals surface area (Å²) in [6.07, 6.45) is -4.60. The van der Waals surface area contributed by atoms with Crippen molar-refractivity contribution in [1.29, 1.82) is 0 Å². The lowest BCUT2D eigenvalue weighted by molar-refractivity contribution is -0.232. The van der Waals surface area contributed by atoms with E-state index >= 15 is 0 Å². The van der Waals surface area contributed by atoms with Crippen LogP contribution >= 0.6 is 15.9 Å². The minimum atomic E-state index is -1.21. The predicted octanol–water partition coefficient (Wildman–Crippen LogP) is 0.871. The number of hydrogen-bond donors (Lipinski definition) is 0. The van der Waals surface area contributed by atoms with Gasteiger partial charge in [0, 0.05) is 20.8 Å². The highest BCUT2D eigenvalue weighted by Gasteiger charge is 2.50. The smallest absolute Gasteiger partial charge is 0.303 e. The summed E-state index contributed by atoms with van der Waals surface area (Å²) in [5.74, 6) is -2.03. The number of alkyl halides is 2. The monoisotopic (exact) mass is 370 g/mol. The van der Waals surface area contributed by atoms with E-state index in [2.05, 4.69) is 15.9 Å². The molecular formula is C12H16BrFO7. The van der Waals surface area contributed by atoms with Crippen LogP contribution in [0.2, 0.25) is 0 Å². The van der Waals surface area contributed by atoms with Crippen LogP contribution in [0.1, 0.15) is 20.8 Å². The Morgan fingerprint density at radius 3 is 1.81 bits per heavy atom. The lowest BCUT2D eigenvalue weighted by atomic mass is 10.00.